The van der Waals surface area contributed by atoms with E-state index in [1.807, 2.05) is 20.9 Å². The molecule has 0 spiro atoms. The molecule has 0 unspecified atom stereocenters. The second-order valence-electron chi connectivity index (χ2n) is 8.76. The molecule has 1 saturated carbocycles. The first-order valence-corrected chi connectivity index (χ1v) is 10.8. The number of carbonyl (C=O) groups excluding carboxylic acids is 2. The maximum atomic E-state index is 12.7. The molecule has 2 amide bonds. The van der Waals surface area contributed by atoms with Gasteiger partial charge < -0.3 is 20.6 Å². The van der Waals surface area contributed by atoms with Gasteiger partial charge in [0.1, 0.15) is 0 Å². The molecule has 29 heavy (non-hydrogen) atoms. The molecule has 6 heteroatoms. The predicted molar refractivity (Wildman–Crippen MR) is 117 cm³/mol. The van der Waals surface area contributed by atoms with Crippen LogP contribution in [0, 0.1) is 5.41 Å². The van der Waals surface area contributed by atoms with Gasteiger partial charge in [0.25, 0.3) is 0 Å². The molecular weight excluding hydrogens is 366 g/mol. The molecule has 2 rings (SSSR count). The van der Waals surface area contributed by atoms with Crippen molar-refractivity contribution in [2.45, 2.75) is 71.4 Å². The minimum Gasteiger partial charge on any atom is -0.395 e. The standard InChI is InChI=1S/C23H37N3O3/c1-5-14-23(2,3)21(28)17-6-8-19(9-7-17)25-22(29)26(4)20-12-10-18(11-13-20)24-15-16-27/h6-9,18,20,24,27H,5,10-16H2,1-4H3,(H,25,29). The van der Waals surface area contributed by atoms with Crippen LogP contribution in [0.2, 0.25) is 0 Å². The van der Waals surface area contributed by atoms with Gasteiger partial charge in [-0.05, 0) is 56.4 Å². The van der Waals surface area contributed by atoms with Crippen molar-refractivity contribution in [3.8, 4) is 0 Å². The second kappa shape index (κ2) is 10.7. The first kappa shape index (κ1) is 23.4. The molecule has 0 saturated heterocycles. The van der Waals surface area contributed by atoms with E-state index >= 15 is 0 Å². The van der Waals surface area contributed by atoms with Crippen molar-refractivity contribution < 1.29 is 14.7 Å². The smallest absolute Gasteiger partial charge is 0.321 e. The lowest BCUT2D eigenvalue weighted by Gasteiger charge is -2.35. The van der Waals surface area contributed by atoms with Crippen molar-refractivity contribution in [3.63, 3.8) is 0 Å². The van der Waals surface area contributed by atoms with Gasteiger partial charge in [-0.3, -0.25) is 4.79 Å². The minimum absolute atomic E-state index is 0.123. The van der Waals surface area contributed by atoms with Crippen molar-refractivity contribution in [3.05, 3.63) is 29.8 Å². The van der Waals surface area contributed by atoms with Crippen molar-refractivity contribution in [2.24, 2.45) is 5.41 Å². The number of nitrogens with one attached hydrogen (secondary N) is 2. The lowest BCUT2D eigenvalue weighted by Crippen LogP contribution is -2.45. The highest BCUT2D eigenvalue weighted by Crippen LogP contribution is 2.28. The number of hydrogen-bond donors (Lipinski definition) is 3. The maximum Gasteiger partial charge on any atom is 0.321 e. The molecule has 1 aliphatic carbocycles. The largest absolute Gasteiger partial charge is 0.395 e. The van der Waals surface area contributed by atoms with E-state index in [0.717, 1.165) is 38.5 Å². The normalized spacial score (nSPS) is 19.6. The van der Waals surface area contributed by atoms with Crippen molar-refractivity contribution in [2.75, 3.05) is 25.5 Å². The van der Waals surface area contributed by atoms with E-state index in [2.05, 4.69) is 17.6 Å². The number of Topliss-reactive ketones (excluding diaryl/α,β-unsaturated/α-hetero) is 1. The van der Waals surface area contributed by atoms with Crippen LogP contribution in [0.5, 0.6) is 0 Å². The molecule has 162 valence electrons. The van der Waals surface area contributed by atoms with Gasteiger partial charge in [0.05, 0.1) is 6.61 Å². The van der Waals surface area contributed by atoms with Crippen LogP contribution in [0.3, 0.4) is 0 Å². The summed E-state index contributed by atoms with van der Waals surface area (Å²) in [6, 6.07) is 7.73. The third-order valence-corrected chi connectivity index (χ3v) is 6.00. The molecule has 0 aliphatic heterocycles. The molecule has 1 fully saturated rings. The number of nitrogens with zero attached hydrogens (tertiary/aromatic N) is 1. The second-order valence-corrected chi connectivity index (χ2v) is 8.76. The molecule has 0 bridgehead atoms. The molecule has 0 heterocycles. The number of benzene rings is 1. The summed E-state index contributed by atoms with van der Waals surface area (Å²) in [6.07, 6.45) is 5.74. The van der Waals surface area contributed by atoms with Gasteiger partial charge in [-0.15, -0.1) is 0 Å². The van der Waals surface area contributed by atoms with Gasteiger partial charge in [-0.1, -0.05) is 27.2 Å². The summed E-state index contributed by atoms with van der Waals surface area (Å²) in [5.74, 6) is 0.140. The Kier molecular flexibility index (Phi) is 8.65. The predicted octanol–water partition coefficient (Wildman–Crippen LogP) is 4.05. The highest BCUT2D eigenvalue weighted by atomic mass is 16.3. The molecular formula is C23H37N3O3. The third kappa shape index (κ3) is 6.54. The monoisotopic (exact) mass is 403 g/mol. The Bertz CT molecular complexity index is 664. The summed E-state index contributed by atoms with van der Waals surface area (Å²) in [5.41, 5.74) is 1.01. The number of urea groups is 1. The summed E-state index contributed by atoms with van der Waals surface area (Å²) in [6.45, 7) is 6.83. The molecule has 0 atom stereocenters. The van der Waals surface area contributed by atoms with E-state index in [0.29, 0.717) is 23.8 Å². The van der Waals surface area contributed by atoms with Crippen molar-refractivity contribution in [1.29, 1.82) is 0 Å². The highest BCUT2D eigenvalue weighted by Gasteiger charge is 2.28. The Balaban J connectivity index is 1.88. The molecule has 1 aromatic carbocycles. The Hall–Kier alpha value is -1.92. The van der Waals surface area contributed by atoms with E-state index in [1.165, 1.54) is 0 Å². The van der Waals surface area contributed by atoms with E-state index < -0.39 is 0 Å². The fourth-order valence-electron chi connectivity index (χ4n) is 4.15. The number of aliphatic hydroxyl groups excluding tert-OH is 1. The van der Waals surface area contributed by atoms with Crippen molar-refractivity contribution in [1.82, 2.24) is 10.2 Å². The maximum absolute atomic E-state index is 12.7. The number of hydrogen-bond acceptors (Lipinski definition) is 4. The Morgan fingerprint density at radius 2 is 1.76 bits per heavy atom. The van der Waals surface area contributed by atoms with Crippen LogP contribution in [-0.4, -0.2) is 54.1 Å². The number of ketones is 1. The van der Waals surface area contributed by atoms with Gasteiger partial charge >= 0.3 is 6.03 Å². The van der Waals surface area contributed by atoms with Crippen LogP contribution in [0.15, 0.2) is 24.3 Å². The lowest BCUT2D eigenvalue weighted by atomic mass is 9.80. The summed E-state index contributed by atoms with van der Waals surface area (Å²) in [4.78, 5) is 27.1. The van der Waals surface area contributed by atoms with Crippen LogP contribution in [0.4, 0.5) is 10.5 Å². The quantitative estimate of drug-likeness (QED) is 0.543. The van der Waals surface area contributed by atoms with E-state index in [4.69, 9.17) is 5.11 Å². The first-order valence-electron chi connectivity index (χ1n) is 10.8. The van der Waals surface area contributed by atoms with Crippen LogP contribution >= 0.6 is 0 Å². The zero-order chi connectivity index (χ0) is 21.4. The molecule has 6 nitrogen and oxygen atoms in total. The summed E-state index contributed by atoms with van der Waals surface area (Å²) in [7, 11) is 1.84. The number of aliphatic hydroxyl groups is 1. The van der Waals surface area contributed by atoms with Gasteiger partial charge in [-0.25, -0.2) is 4.79 Å². The van der Waals surface area contributed by atoms with Crippen LogP contribution in [-0.2, 0) is 0 Å². The molecule has 0 radical (unpaired) electrons. The zero-order valence-electron chi connectivity index (χ0n) is 18.3. The third-order valence-electron chi connectivity index (χ3n) is 6.00. The van der Waals surface area contributed by atoms with E-state index in [-0.39, 0.29) is 29.9 Å². The average Bonchev–Trinajstić information content (AvgIpc) is 2.72. The molecule has 1 aromatic rings. The summed E-state index contributed by atoms with van der Waals surface area (Å²) in [5, 5.41) is 15.2. The number of carbonyl (C=O) groups is 2. The molecule has 0 aromatic heterocycles. The number of amides is 2. The average molecular weight is 404 g/mol. The Morgan fingerprint density at radius 3 is 2.31 bits per heavy atom. The van der Waals surface area contributed by atoms with Gasteiger partial charge in [0.2, 0.25) is 0 Å². The van der Waals surface area contributed by atoms with E-state index in [1.54, 1.807) is 29.2 Å². The molecule has 3 N–H and O–H groups in total. The lowest BCUT2D eigenvalue weighted by molar-refractivity contribution is 0.0825. The van der Waals surface area contributed by atoms with Crippen LogP contribution in [0.1, 0.15) is 69.7 Å². The Morgan fingerprint density at radius 1 is 1.14 bits per heavy atom. The summed E-state index contributed by atoms with van der Waals surface area (Å²) < 4.78 is 0. The SMILES string of the molecule is CCCC(C)(C)C(=O)c1ccc(NC(=O)N(C)C2CCC(NCCO)CC2)cc1. The van der Waals surface area contributed by atoms with Crippen molar-refractivity contribution >= 4 is 17.5 Å². The first-order chi connectivity index (χ1) is 13.8. The fraction of sp³-hybridized carbons (Fsp3) is 0.652. The highest BCUT2D eigenvalue weighted by molar-refractivity contribution is 6.00. The minimum atomic E-state index is -0.370. The molecule has 1 aliphatic rings. The fourth-order valence-corrected chi connectivity index (χ4v) is 4.15. The summed E-state index contributed by atoms with van der Waals surface area (Å²) >= 11 is 0. The van der Waals surface area contributed by atoms with Crippen LogP contribution in [0.25, 0.3) is 0 Å². The number of anilines is 1. The van der Waals surface area contributed by atoms with Gasteiger partial charge in [0.15, 0.2) is 5.78 Å². The van der Waals surface area contributed by atoms with Gasteiger partial charge in [-0.2, -0.15) is 0 Å². The number of rotatable bonds is 9. The van der Waals surface area contributed by atoms with Crippen LogP contribution < -0.4 is 10.6 Å². The Labute approximate surface area is 175 Å². The van der Waals surface area contributed by atoms with Gasteiger partial charge in [0, 0.05) is 42.3 Å². The zero-order valence-corrected chi connectivity index (χ0v) is 18.3. The topological polar surface area (TPSA) is 81.7 Å². The van der Waals surface area contributed by atoms with E-state index in [9.17, 15) is 9.59 Å².